The molecule has 0 heteroatoms. The van der Waals surface area contributed by atoms with Gasteiger partial charge in [-0.1, -0.05) is 29.7 Å². The summed E-state index contributed by atoms with van der Waals surface area (Å²) in [5, 5.41) is 0. The SMILES string of the molecule is CC1=CC=C(C)[C@@H]2CCC[C@H]12. The van der Waals surface area contributed by atoms with Gasteiger partial charge in [0.1, 0.15) is 0 Å². The lowest BCUT2D eigenvalue weighted by Gasteiger charge is -2.24. The van der Waals surface area contributed by atoms with Crippen molar-refractivity contribution in [1.82, 2.24) is 0 Å². The first kappa shape index (κ1) is 7.15. The summed E-state index contributed by atoms with van der Waals surface area (Å²) in [6, 6.07) is 0. The highest BCUT2D eigenvalue weighted by molar-refractivity contribution is 5.28. The summed E-state index contributed by atoms with van der Waals surface area (Å²) >= 11 is 0. The molecule has 2 atom stereocenters. The molecule has 11 heavy (non-hydrogen) atoms. The summed E-state index contributed by atoms with van der Waals surface area (Å²) in [6.45, 7) is 4.57. The van der Waals surface area contributed by atoms with Crippen molar-refractivity contribution in [2.45, 2.75) is 33.1 Å². The zero-order chi connectivity index (χ0) is 7.84. The monoisotopic (exact) mass is 148 g/mol. The van der Waals surface area contributed by atoms with Crippen molar-refractivity contribution in [1.29, 1.82) is 0 Å². The topological polar surface area (TPSA) is 0 Å². The summed E-state index contributed by atoms with van der Waals surface area (Å²) in [5.74, 6) is 1.81. The van der Waals surface area contributed by atoms with Crippen LogP contribution >= 0.6 is 0 Å². The highest BCUT2D eigenvalue weighted by Crippen LogP contribution is 2.42. The molecule has 0 amide bonds. The molecule has 0 unspecified atom stereocenters. The maximum Gasteiger partial charge on any atom is -0.0137 e. The second-order valence-electron chi connectivity index (χ2n) is 3.97. The molecule has 2 rings (SSSR count). The van der Waals surface area contributed by atoms with Gasteiger partial charge < -0.3 is 0 Å². The van der Waals surface area contributed by atoms with Crippen molar-refractivity contribution >= 4 is 0 Å². The van der Waals surface area contributed by atoms with Crippen molar-refractivity contribution in [2.75, 3.05) is 0 Å². The van der Waals surface area contributed by atoms with Crippen LogP contribution in [0.4, 0.5) is 0 Å². The summed E-state index contributed by atoms with van der Waals surface area (Å²) in [7, 11) is 0. The highest BCUT2D eigenvalue weighted by atomic mass is 14.3. The number of allylic oxidation sites excluding steroid dienone is 4. The van der Waals surface area contributed by atoms with E-state index in [9.17, 15) is 0 Å². The molecule has 1 fully saturated rings. The van der Waals surface area contributed by atoms with Crippen molar-refractivity contribution in [3.8, 4) is 0 Å². The minimum absolute atomic E-state index is 0.903. The molecule has 2 aliphatic carbocycles. The van der Waals surface area contributed by atoms with Gasteiger partial charge in [0, 0.05) is 0 Å². The zero-order valence-electron chi connectivity index (χ0n) is 7.43. The molecule has 1 saturated carbocycles. The predicted molar refractivity (Wildman–Crippen MR) is 48.3 cm³/mol. The van der Waals surface area contributed by atoms with Crippen molar-refractivity contribution < 1.29 is 0 Å². The third kappa shape index (κ3) is 1.05. The number of rotatable bonds is 0. The Labute approximate surface area is 69.0 Å². The van der Waals surface area contributed by atoms with E-state index in [0.717, 1.165) is 11.8 Å². The molecule has 0 aromatic rings. The molecule has 0 saturated heterocycles. The Kier molecular flexibility index (Phi) is 1.63. The van der Waals surface area contributed by atoms with E-state index in [1.807, 2.05) is 0 Å². The van der Waals surface area contributed by atoms with E-state index in [1.165, 1.54) is 19.3 Å². The third-order valence-corrected chi connectivity index (χ3v) is 3.29. The van der Waals surface area contributed by atoms with Gasteiger partial charge in [0.05, 0.1) is 0 Å². The first-order chi connectivity index (χ1) is 5.29. The van der Waals surface area contributed by atoms with E-state index in [2.05, 4.69) is 26.0 Å². The van der Waals surface area contributed by atoms with Crippen LogP contribution in [-0.2, 0) is 0 Å². The maximum absolute atomic E-state index is 2.31. The minimum atomic E-state index is 0.903. The van der Waals surface area contributed by atoms with Crippen molar-refractivity contribution in [2.24, 2.45) is 11.8 Å². The number of fused-ring (bicyclic) bond motifs is 1. The first-order valence-corrected chi connectivity index (χ1v) is 4.64. The fourth-order valence-electron chi connectivity index (χ4n) is 2.56. The summed E-state index contributed by atoms with van der Waals surface area (Å²) in [6.07, 6.45) is 8.91. The maximum atomic E-state index is 2.31. The van der Waals surface area contributed by atoms with E-state index in [0.29, 0.717) is 0 Å². The highest BCUT2D eigenvalue weighted by Gasteiger charge is 2.30. The second-order valence-corrected chi connectivity index (χ2v) is 3.97. The molecule has 0 aromatic carbocycles. The fraction of sp³-hybridized carbons (Fsp3) is 0.636. The van der Waals surface area contributed by atoms with Gasteiger partial charge in [-0.3, -0.25) is 0 Å². The third-order valence-electron chi connectivity index (χ3n) is 3.29. The smallest absolute Gasteiger partial charge is 0.0137 e. The number of hydrogen-bond acceptors (Lipinski definition) is 0. The van der Waals surface area contributed by atoms with Crippen LogP contribution in [0.1, 0.15) is 33.1 Å². The average Bonchev–Trinajstić information content (AvgIpc) is 2.45. The van der Waals surface area contributed by atoms with Gasteiger partial charge >= 0.3 is 0 Å². The zero-order valence-corrected chi connectivity index (χ0v) is 7.43. The average molecular weight is 148 g/mol. The summed E-state index contributed by atoms with van der Waals surface area (Å²) in [4.78, 5) is 0. The number of hydrogen-bond donors (Lipinski definition) is 0. The first-order valence-electron chi connectivity index (χ1n) is 4.64. The van der Waals surface area contributed by atoms with E-state index in [-0.39, 0.29) is 0 Å². The van der Waals surface area contributed by atoms with Crippen LogP contribution in [-0.4, -0.2) is 0 Å². The van der Waals surface area contributed by atoms with E-state index in [1.54, 1.807) is 11.1 Å². The minimum Gasteiger partial charge on any atom is -0.0696 e. The lowest BCUT2D eigenvalue weighted by atomic mass is 9.81. The molecular formula is C11H16. The molecular weight excluding hydrogens is 132 g/mol. The molecule has 2 aliphatic rings. The van der Waals surface area contributed by atoms with Crippen LogP contribution in [0.25, 0.3) is 0 Å². The molecule has 0 aliphatic heterocycles. The predicted octanol–water partition coefficient (Wildman–Crippen LogP) is 3.31. The van der Waals surface area contributed by atoms with Gasteiger partial charge in [0.2, 0.25) is 0 Å². The Morgan fingerprint density at radius 2 is 1.45 bits per heavy atom. The molecule has 60 valence electrons. The van der Waals surface area contributed by atoms with Crippen LogP contribution in [0.2, 0.25) is 0 Å². The molecule has 0 N–H and O–H groups in total. The Hall–Kier alpha value is -0.520. The normalized spacial score (nSPS) is 36.2. The van der Waals surface area contributed by atoms with Gasteiger partial charge in [-0.05, 0) is 38.5 Å². The van der Waals surface area contributed by atoms with E-state index < -0.39 is 0 Å². The quantitative estimate of drug-likeness (QED) is 0.494. The largest absolute Gasteiger partial charge is 0.0696 e. The molecule has 0 spiro atoms. The Bertz CT molecular complexity index is 196. The fourth-order valence-corrected chi connectivity index (χ4v) is 2.56. The molecule has 0 radical (unpaired) electrons. The molecule has 0 aromatic heterocycles. The van der Waals surface area contributed by atoms with E-state index in [4.69, 9.17) is 0 Å². The van der Waals surface area contributed by atoms with Gasteiger partial charge in [-0.25, -0.2) is 0 Å². The lowest BCUT2D eigenvalue weighted by Crippen LogP contribution is -2.13. The molecule has 0 bridgehead atoms. The van der Waals surface area contributed by atoms with Gasteiger partial charge in [0.25, 0.3) is 0 Å². The van der Waals surface area contributed by atoms with Gasteiger partial charge in [-0.15, -0.1) is 0 Å². The van der Waals surface area contributed by atoms with Crippen LogP contribution in [0.3, 0.4) is 0 Å². The Morgan fingerprint density at radius 1 is 1.00 bits per heavy atom. The van der Waals surface area contributed by atoms with Crippen LogP contribution in [0.5, 0.6) is 0 Å². The van der Waals surface area contributed by atoms with Crippen LogP contribution in [0, 0.1) is 11.8 Å². The van der Waals surface area contributed by atoms with Crippen LogP contribution < -0.4 is 0 Å². The molecule has 0 nitrogen and oxygen atoms in total. The standard InChI is InChI=1S/C11H16/c1-8-6-7-9(2)11-5-3-4-10(8)11/h6-7,10-11H,3-5H2,1-2H3/t10-,11+. The van der Waals surface area contributed by atoms with Crippen molar-refractivity contribution in [3.05, 3.63) is 23.3 Å². The van der Waals surface area contributed by atoms with Crippen LogP contribution in [0.15, 0.2) is 23.3 Å². The van der Waals surface area contributed by atoms with Gasteiger partial charge in [-0.2, -0.15) is 0 Å². The Morgan fingerprint density at radius 3 is 1.91 bits per heavy atom. The second kappa shape index (κ2) is 2.51. The summed E-state index contributed by atoms with van der Waals surface area (Å²) in [5.41, 5.74) is 3.22. The Balaban J connectivity index is 2.30. The van der Waals surface area contributed by atoms with Crippen molar-refractivity contribution in [3.63, 3.8) is 0 Å². The lowest BCUT2D eigenvalue weighted by molar-refractivity contribution is 0.496. The van der Waals surface area contributed by atoms with E-state index >= 15 is 0 Å². The summed E-state index contributed by atoms with van der Waals surface area (Å²) < 4.78 is 0. The molecule has 0 heterocycles. The van der Waals surface area contributed by atoms with Gasteiger partial charge in [0.15, 0.2) is 0 Å².